The lowest BCUT2D eigenvalue weighted by Crippen LogP contribution is -2.27. The van der Waals surface area contributed by atoms with Gasteiger partial charge in [-0.25, -0.2) is 0 Å². The van der Waals surface area contributed by atoms with Crippen molar-refractivity contribution in [3.05, 3.63) is 65.6 Å². The average molecular weight is 348 g/mol. The maximum Gasteiger partial charge on any atom is 0.258 e. The van der Waals surface area contributed by atoms with Crippen molar-refractivity contribution >= 4 is 23.5 Å². The second-order valence-corrected chi connectivity index (χ2v) is 6.25. The van der Waals surface area contributed by atoms with Gasteiger partial charge >= 0.3 is 0 Å². The first-order valence-corrected chi connectivity index (χ1v) is 8.84. The number of allylic oxidation sites excluding steroid dienone is 1. The van der Waals surface area contributed by atoms with Crippen molar-refractivity contribution in [3.8, 4) is 0 Å². The highest BCUT2D eigenvalue weighted by atomic mass is 16.2. The number of carbonyl (C=O) groups excluding carboxylic acids is 1. The molecule has 0 aliphatic carbocycles. The number of anilines is 2. The first-order valence-electron chi connectivity index (χ1n) is 8.84. The Morgan fingerprint density at radius 2 is 2.04 bits per heavy atom. The first kappa shape index (κ1) is 17.9. The molecule has 134 valence electrons. The molecule has 0 bridgehead atoms. The maximum atomic E-state index is 12.7. The van der Waals surface area contributed by atoms with Gasteiger partial charge in [0.15, 0.2) is 0 Å². The lowest BCUT2D eigenvalue weighted by atomic mass is 10.1. The molecule has 26 heavy (non-hydrogen) atoms. The quantitative estimate of drug-likeness (QED) is 0.774. The highest BCUT2D eigenvalue weighted by molar-refractivity contribution is 6.05. The van der Waals surface area contributed by atoms with Crippen LogP contribution in [0, 0.1) is 0 Å². The fraction of sp³-hybridized carbons (Fsp3) is 0.286. The van der Waals surface area contributed by atoms with Crippen LogP contribution >= 0.6 is 0 Å². The number of aromatic nitrogens is 1. The Hall–Kier alpha value is -2.95. The summed E-state index contributed by atoms with van der Waals surface area (Å²) >= 11 is 0. The van der Waals surface area contributed by atoms with Gasteiger partial charge in [-0.3, -0.25) is 14.8 Å². The number of benzene rings is 1. The molecule has 1 aromatic heterocycles. The third-order valence-corrected chi connectivity index (χ3v) is 4.66. The molecule has 5 nitrogen and oxygen atoms in total. The van der Waals surface area contributed by atoms with Crippen LogP contribution in [0.2, 0.25) is 0 Å². The number of pyridine rings is 1. The minimum absolute atomic E-state index is 0.0402. The second kappa shape index (κ2) is 7.95. The summed E-state index contributed by atoms with van der Waals surface area (Å²) in [5.74, 6) is -0.0402. The lowest BCUT2D eigenvalue weighted by molar-refractivity contribution is 0.0993. The standard InChI is InChI=1S/C21H24N4O/c1-4-18(23-5-2)15-25-13-10-16-6-7-19(14-20(16)25)24(3)21(26)17-8-11-22-12-9-17/h4-9,11-12,14H,10,13,15H2,1-3H3/b18-4-,23-5?. The zero-order valence-electron chi connectivity index (χ0n) is 15.5. The molecule has 1 aromatic carbocycles. The van der Waals surface area contributed by atoms with Crippen molar-refractivity contribution in [1.82, 2.24) is 4.98 Å². The normalized spacial score (nSPS) is 14.0. The zero-order valence-corrected chi connectivity index (χ0v) is 15.5. The van der Waals surface area contributed by atoms with Gasteiger partial charge in [0.25, 0.3) is 5.91 Å². The van der Waals surface area contributed by atoms with Crippen LogP contribution in [0.3, 0.4) is 0 Å². The maximum absolute atomic E-state index is 12.7. The number of fused-ring (bicyclic) bond motifs is 1. The smallest absolute Gasteiger partial charge is 0.258 e. The van der Waals surface area contributed by atoms with Crippen LogP contribution < -0.4 is 9.80 Å². The molecule has 1 amide bonds. The molecule has 0 atom stereocenters. The van der Waals surface area contributed by atoms with Gasteiger partial charge in [0.05, 0.1) is 12.2 Å². The number of nitrogens with zero attached hydrogens (tertiary/aromatic N) is 4. The summed E-state index contributed by atoms with van der Waals surface area (Å²) < 4.78 is 0. The van der Waals surface area contributed by atoms with Gasteiger partial charge in [-0.05, 0) is 50.1 Å². The topological polar surface area (TPSA) is 48.8 Å². The molecule has 1 aliphatic rings. The molecule has 0 saturated heterocycles. The second-order valence-electron chi connectivity index (χ2n) is 6.25. The molecule has 0 unspecified atom stereocenters. The summed E-state index contributed by atoms with van der Waals surface area (Å²) in [6.07, 6.45) is 8.16. The number of rotatable bonds is 5. The van der Waals surface area contributed by atoms with E-state index < -0.39 is 0 Å². The van der Waals surface area contributed by atoms with Gasteiger partial charge < -0.3 is 9.80 Å². The van der Waals surface area contributed by atoms with Crippen LogP contribution in [0.4, 0.5) is 11.4 Å². The number of aliphatic imine (C=N–C) groups is 1. The van der Waals surface area contributed by atoms with Crippen LogP contribution in [0.15, 0.2) is 59.5 Å². The largest absolute Gasteiger partial charge is 0.365 e. The molecule has 0 fully saturated rings. The summed E-state index contributed by atoms with van der Waals surface area (Å²) in [5.41, 5.74) is 5.07. The summed E-state index contributed by atoms with van der Waals surface area (Å²) in [7, 11) is 1.81. The third kappa shape index (κ3) is 3.67. The molecule has 2 aromatic rings. The van der Waals surface area contributed by atoms with E-state index in [2.05, 4.69) is 27.0 Å². The summed E-state index contributed by atoms with van der Waals surface area (Å²) in [5, 5.41) is 0. The van der Waals surface area contributed by atoms with E-state index in [1.165, 1.54) is 11.3 Å². The number of carbonyl (C=O) groups is 1. The fourth-order valence-corrected chi connectivity index (χ4v) is 3.18. The predicted octanol–water partition coefficient (Wildman–Crippen LogP) is 3.72. The van der Waals surface area contributed by atoms with Crippen LogP contribution in [0.25, 0.3) is 0 Å². The van der Waals surface area contributed by atoms with E-state index in [4.69, 9.17) is 0 Å². The minimum Gasteiger partial charge on any atom is -0.365 e. The summed E-state index contributed by atoms with van der Waals surface area (Å²) in [4.78, 5) is 25.1. The molecule has 0 saturated carbocycles. The third-order valence-electron chi connectivity index (χ3n) is 4.66. The number of amides is 1. The van der Waals surface area contributed by atoms with E-state index in [1.807, 2.05) is 39.3 Å². The minimum atomic E-state index is -0.0402. The Kier molecular flexibility index (Phi) is 5.46. The Balaban J connectivity index is 1.84. The summed E-state index contributed by atoms with van der Waals surface area (Å²) in [6, 6.07) is 9.71. The van der Waals surface area contributed by atoms with Gasteiger partial charge in [-0.2, -0.15) is 0 Å². The van der Waals surface area contributed by atoms with Crippen molar-refractivity contribution in [3.63, 3.8) is 0 Å². The van der Waals surface area contributed by atoms with Crippen molar-refractivity contribution in [2.24, 2.45) is 4.99 Å². The molecule has 0 spiro atoms. The van der Waals surface area contributed by atoms with Crippen molar-refractivity contribution in [2.45, 2.75) is 20.3 Å². The average Bonchev–Trinajstić information content (AvgIpc) is 3.09. The Bertz CT molecular complexity index is 842. The molecular formula is C21H24N4O. The fourth-order valence-electron chi connectivity index (χ4n) is 3.18. The van der Waals surface area contributed by atoms with Crippen LogP contribution in [-0.2, 0) is 6.42 Å². The molecule has 0 radical (unpaired) electrons. The lowest BCUT2D eigenvalue weighted by Gasteiger charge is -2.23. The van der Waals surface area contributed by atoms with Crippen LogP contribution in [0.5, 0.6) is 0 Å². The zero-order chi connectivity index (χ0) is 18.5. The van der Waals surface area contributed by atoms with E-state index in [9.17, 15) is 4.79 Å². The highest BCUT2D eigenvalue weighted by Gasteiger charge is 2.22. The SMILES string of the molecule is CC=N/C(=C\C)CN1CCc2ccc(N(C)C(=O)c3ccncc3)cc21. The molecular weight excluding hydrogens is 324 g/mol. The van der Waals surface area contributed by atoms with Gasteiger partial charge in [0, 0.05) is 49.1 Å². The number of hydrogen-bond acceptors (Lipinski definition) is 4. The Morgan fingerprint density at radius 3 is 2.73 bits per heavy atom. The van der Waals surface area contributed by atoms with E-state index in [1.54, 1.807) is 29.4 Å². The number of hydrogen-bond donors (Lipinski definition) is 0. The highest BCUT2D eigenvalue weighted by Crippen LogP contribution is 2.32. The Morgan fingerprint density at radius 1 is 1.27 bits per heavy atom. The monoisotopic (exact) mass is 348 g/mol. The van der Waals surface area contributed by atoms with E-state index in [-0.39, 0.29) is 5.91 Å². The first-order chi connectivity index (χ1) is 12.6. The van der Waals surface area contributed by atoms with Crippen LogP contribution in [0.1, 0.15) is 29.8 Å². The molecule has 1 aliphatic heterocycles. The van der Waals surface area contributed by atoms with Crippen molar-refractivity contribution < 1.29 is 4.79 Å². The van der Waals surface area contributed by atoms with E-state index in [0.29, 0.717) is 5.56 Å². The van der Waals surface area contributed by atoms with Gasteiger partial charge in [-0.15, -0.1) is 0 Å². The van der Waals surface area contributed by atoms with E-state index in [0.717, 1.165) is 30.9 Å². The molecule has 2 heterocycles. The van der Waals surface area contributed by atoms with Crippen molar-refractivity contribution in [1.29, 1.82) is 0 Å². The molecule has 5 heteroatoms. The van der Waals surface area contributed by atoms with Gasteiger partial charge in [0.1, 0.15) is 0 Å². The Labute approximate surface area is 154 Å². The molecule has 3 rings (SSSR count). The summed E-state index contributed by atoms with van der Waals surface area (Å²) in [6.45, 7) is 5.69. The van der Waals surface area contributed by atoms with Crippen molar-refractivity contribution in [2.75, 3.05) is 29.9 Å². The van der Waals surface area contributed by atoms with Gasteiger partial charge in [0.2, 0.25) is 0 Å². The predicted molar refractivity (Wildman–Crippen MR) is 107 cm³/mol. The van der Waals surface area contributed by atoms with E-state index >= 15 is 0 Å². The van der Waals surface area contributed by atoms with Gasteiger partial charge in [-0.1, -0.05) is 12.1 Å². The van der Waals surface area contributed by atoms with Crippen LogP contribution in [-0.4, -0.2) is 37.2 Å². The molecule has 0 N–H and O–H groups in total.